The number of nitrogens with one attached hydrogen (secondary N) is 2. The second-order valence-electron chi connectivity index (χ2n) is 3.86. The Hall–Kier alpha value is -2.76. The maximum absolute atomic E-state index is 11.6. The van der Waals surface area contributed by atoms with Gasteiger partial charge in [0.15, 0.2) is 0 Å². The second kappa shape index (κ2) is 6.42. The molecule has 0 atom stereocenters. The molecule has 1 amide bonds. The van der Waals surface area contributed by atoms with E-state index in [4.69, 9.17) is 9.15 Å². The first-order valence-electron chi connectivity index (χ1n) is 6.07. The van der Waals surface area contributed by atoms with Gasteiger partial charge in [-0.05, 0) is 31.2 Å². The third kappa shape index (κ3) is 3.61. The summed E-state index contributed by atoms with van der Waals surface area (Å²) < 4.78 is 9.90. The number of furan rings is 1. The minimum absolute atomic E-state index is 0.289. The average molecular weight is 274 g/mol. The Morgan fingerprint density at radius 2 is 2.35 bits per heavy atom. The molecule has 0 fully saturated rings. The molecule has 0 aliphatic rings. The van der Waals surface area contributed by atoms with Gasteiger partial charge in [0.25, 0.3) is 0 Å². The molecule has 2 rings (SSSR count). The van der Waals surface area contributed by atoms with Gasteiger partial charge in [0, 0.05) is 12.3 Å². The zero-order chi connectivity index (χ0) is 14.4. The first-order valence-corrected chi connectivity index (χ1v) is 6.07. The highest BCUT2D eigenvalue weighted by Crippen LogP contribution is 2.11. The fraction of sp³-hybridized carbons (Fsp3) is 0.143. The zero-order valence-corrected chi connectivity index (χ0v) is 10.9. The van der Waals surface area contributed by atoms with Gasteiger partial charge >= 0.3 is 5.97 Å². The summed E-state index contributed by atoms with van der Waals surface area (Å²) in [6, 6.07) is 4.98. The number of carbonyl (C=O) groups excluding carboxylic acids is 2. The molecule has 2 aromatic heterocycles. The van der Waals surface area contributed by atoms with Crippen molar-refractivity contribution in [2.24, 2.45) is 0 Å². The summed E-state index contributed by atoms with van der Waals surface area (Å²) >= 11 is 0. The number of amides is 1. The van der Waals surface area contributed by atoms with E-state index in [9.17, 15) is 9.59 Å². The fourth-order valence-corrected chi connectivity index (χ4v) is 1.52. The number of ether oxygens (including phenoxy) is 1. The fourth-order valence-electron chi connectivity index (χ4n) is 1.52. The smallest absolute Gasteiger partial charge is 0.354 e. The predicted octanol–water partition coefficient (Wildman–Crippen LogP) is 2.44. The van der Waals surface area contributed by atoms with Crippen molar-refractivity contribution in [1.82, 2.24) is 4.98 Å². The highest BCUT2D eigenvalue weighted by molar-refractivity contribution is 6.02. The predicted molar refractivity (Wildman–Crippen MR) is 73.1 cm³/mol. The number of aromatic nitrogens is 1. The van der Waals surface area contributed by atoms with Crippen LogP contribution in [0, 0.1) is 0 Å². The molecule has 0 aliphatic heterocycles. The molecule has 0 saturated carbocycles. The molecule has 104 valence electrons. The summed E-state index contributed by atoms with van der Waals surface area (Å²) in [6.07, 6.45) is 5.93. The lowest BCUT2D eigenvalue weighted by atomic mass is 10.3. The number of esters is 1. The Labute approximate surface area is 115 Å². The molecule has 0 aromatic carbocycles. The first kappa shape index (κ1) is 13.7. The van der Waals surface area contributed by atoms with Gasteiger partial charge in [-0.3, -0.25) is 4.79 Å². The van der Waals surface area contributed by atoms with E-state index in [1.807, 2.05) is 0 Å². The van der Waals surface area contributed by atoms with Crippen LogP contribution in [0.2, 0.25) is 0 Å². The largest absolute Gasteiger partial charge is 0.465 e. The van der Waals surface area contributed by atoms with Gasteiger partial charge in [0.1, 0.15) is 11.5 Å². The van der Waals surface area contributed by atoms with Crippen LogP contribution in [0.15, 0.2) is 41.2 Å². The van der Waals surface area contributed by atoms with E-state index < -0.39 is 5.97 Å². The number of anilines is 1. The topological polar surface area (TPSA) is 84.3 Å². The molecule has 20 heavy (non-hydrogen) atoms. The van der Waals surface area contributed by atoms with Crippen molar-refractivity contribution in [3.05, 3.63) is 48.2 Å². The van der Waals surface area contributed by atoms with Crippen molar-refractivity contribution in [3.63, 3.8) is 0 Å². The van der Waals surface area contributed by atoms with Gasteiger partial charge in [-0.25, -0.2) is 4.79 Å². The van der Waals surface area contributed by atoms with Gasteiger partial charge in [-0.2, -0.15) is 0 Å². The highest BCUT2D eigenvalue weighted by atomic mass is 16.5. The van der Waals surface area contributed by atoms with Crippen LogP contribution in [0.1, 0.15) is 23.2 Å². The summed E-state index contributed by atoms with van der Waals surface area (Å²) in [5, 5.41) is 2.62. The van der Waals surface area contributed by atoms with E-state index >= 15 is 0 Å². The number of rotatable bonds is 5. The standard InChI is InChI=1S/C14H14N2O4/c1-2-19-14(18)12-8-10(9-15-12)16-13(17)6-5-11-4-3-7-20-11/h3-9,15H,2H2,1H3,(H,16,17)/b6-5+. The van der Waals surface area contributed by atoms with Crippen LogP contribution in [0.4, 0.5) is 5.69 Å². The lowest BCUT2D eigenvalue weighted by molar-refractivity contribution is -0.111. The molecule has 2 N–H and O–H groups in total. The molecule has 0 aliphatic carbocycles. The van der Waals surface area contributed by atoms with Crippen LogP contribution in [-0.2, 0) is 9.53 Å². The van der Waals surface area contributed by atoms with Crippen LogP contribution >= 0.6 is 0 Å². The Morgan fingerprint density at radius 1 is 1.50 bits per heavy atom. The van der Waals surface area contributed by atoms with Gasteiger partial charge < -0.3 is 19.5 Å². The molecule has 0 saturated heterocycles. The van der Waals surface area contributed by atoms with E-state index in [1.165, 1.54) is 24.6 Å². The van der Waals surface area contributed by atoms with Crippen molar-refractivity contribution in [1.29, 1.82) is 0 Å². The van der Waals surface area contributed by atoms with Gasteiger partial charge in [-0.1, -0.05) is 0 Å². The molecular weight excluding hydrogens is 260 g/mol. The lowest BCUT2D eigenvalue weighted by Gasteiger charge is -1.97. The minimum Gasteiger partial charge on any atom is -0.465 e. The molecule has 0 spiro atoms. The Morgan fingerprint density at radius 3 is 3.05 bits per heavy atom. The number of carbonyl (C=O) groups is 2. The molecule has 6 nitrogen and oxygen atoms in total. The molecule has 0 unspecified atom stereocenters. The van der Waals surface area contributed by atoms with E-state index in [2.05, 4.69) is 10.3 Å². The zero-order valence-electron chi connectivity index (χ0n) is 10.9. The summed E-state index contributed by atoms with van der Waals surface area (Å²) in [5.41, 5.74) is 0.777. The summed E-state index contributed by atoms with van der Waals surface area (Å²) in [6.45, 7) is 2.02. The summed E-state index contributed by atoms with van der Waals surface area (Å²) in [4.78, 5) is 25.8. The molecular formula is C14H14N2O4. The quantitative estimate of drug-likeness (QED) is 0.648. The third-order valence-corrected chi connectivity index (χ3v) is 2.39. The van der Waals surface area contributed by atoms with Crippen molar-refractivity contribution < 1.29 is 18.7 Å². The van der Waals surface area contributed by atoms with Crippen molar-refractivity contribution in [3.8, 4) is 0 Å². The maximum atomic E-state index is 11.6. The summed E-state index contributed by atoms with van der Waals surface area (Å²) in [7, 11) is 0. The van der Waals surface area contributed by atoms with Crippen LogP contribution in [0.25, 0.3) is 6.08 Å². The van der Waals surface area contributed by atoms with Gasteiger partial charge in [0.05, 0.1) is 18.6 Å². The van der Waals surface area contributed by atoms with Crippen LogP contribution in [0.5, 0.6) is 0 Å². The lowest BCUT2D eigenvalue weighted by Crippen LogP contribution is -2.07. The number of hydrogen-bond acceptors (Lipinski definition) is 4. The van der Waals surface area contributed by atoms with Crippen molar-refractivity contribution >= 4 is 23.6 Å². The minimum atomic E-state index is -0.459. The van der Waals surface area contributed by atoms with Crippen LogP contribution in [0.3, 0.4) is 0 Å². The normalized spacial score (nSPS) is 10.7. The van der Waals surface area contributed by atoms with Gasteiger partial charge in [0.2, 0.25) is 5.91 Å². The van der Waals surface area contributed by atoms with E-state index in [0.29, 0.717) is 18.1 Å². The molecule has 0 radical (unpaired) electrons. The van der Waals surface area contributed by atoms with E-state index in [-0.39, 0.29) is 11.6 Å². The number of H-pyrrole nitrogens is 1. The van der Waals surface area contributed by atoms with Crippen LogP contribution < -0.4 is 5.32 Å². The Kier molecular flexibility index (Phi) is 4.39. The van der Waals surface area contributed by atoms with Crippen molar-refractivity contribution in [2.75, 3.05) is 11.9 Å². The monoisotopic (exact) mass is 274 g/mol. The molecule has 6 heteroatoms. The third-order valence-electron chi connectivity index (χ3n) is 2.39. The van der Waals surface area contributed by atoms with E-state index in [1.54, 1.807) is 25.1 Å². The molecule has 0 bridgehead atoms. The molecule has 2 aromatic rings. The Balaban J connectivity index is 1.93. The SMILES string of the molecule is CCOC(=O)c1cc(NC(=O)/C=C/c2ccco2)c[nH]1. The molecule has 2 heterocycles. The number of aromatic amines is 1. The average Bonchev–Trinajstić information content (AvgIpc) is 3.07. The van der Waals surface area contributed by atoms with Gasteiger partial charge in [-0.15, -0.1) is 0 Å². The van der Waals surface area contributed by atoms with Crippen molar-refractivity contribution in [2.45, 2.75) is 6.92 Å². The number of hydrogen-bond donors (Lipinski definition) is 2. The highest BCUT2D eigenvalue weighted by Gasteiger charge is 2.09. The Bertz CT molecular complexity index is 611. The first-order chi connectivity index (χ1) is 9.69. The summed E-state index contributed by atoms with van der Waals surface area (Å²) in [5.74, 6) is -0.198. The van der Waals surface area contributed by atoms with E-state index in [0.717, 1.165) is 0 Å². The second-order valence-corrected chi connectivity index (χ2v) is 3.86. The maximum Gasteiger partial charge on any atom is 0.354 e. The van der Waals surface area contributed by atoms with Crippen LogP contribution in [-0.4, -0.2) is 23.5 Å².